The monoisotopic (exact) mass is 216 g/mol. The fourth-order valence-corrected chi connectivity index (χ4v) is 0.967. The van der Waals surface area contributed by atoms with Gasteiger partial charge < -0.3 is 0 Å². The number of hydrogen-bond acceptors (Lipinski definition) is 1. The summed E-state index contributed by atoms with van der Waals surface area (Å²) < 4.78 is 37.2. The Morgan fingerprint density at radius 3 is 2.42 bits per heavy atom. The van der Waals surface area contributed by atoms with Crippen LogP contribution in [-0.2, 0) is 0 Å². The van der Waals surface area contributed by atoms with Crippen molar-refractivity contribution in [2.75, 3.05) is 0 Å². The van der Waals surface area contributed by atoms with Crippen LogP contribution in [0.25, 0.3) is 0 Å². The van der Waals surface area contributed by atoms with Crippen molar-refractivity contribution in [3.63, 3.8) is 0 Å². The molecule has 0 heterocycles. The van der Waals surface area contributed by atoms with E-state index >= 15 is 0 Å². The first kappa shape index (κ1) is 12.2. The molecule has 0 saturated carbocycles. The van der Waals surface area contributed by atoms with Crippen LogP contribution in [0.15, 0.2) is 0 Å². The molecule has 1 unspecified atom stereocenters. The third-order valence-electron chi connectivity index (χ3n) is 1.49. The SMILES string of the molecule is CCCCC(F)C(F)(F)C(=S)S. The smallest absolute Gasteiger partial charge is 0.240 e. The molecule has 0 N–H and O–H groups in total. The molecule has 0 saturated heterocycles. The Hall–Kier alpha value is 0.230. The average molecular weight is 216 g/mol. The molecule has 0 aromatic carbocycles. The molecule has 0 nitrogen and oxygen atoms in total. The second kappa shape index (κ2) is 5.07. The van der Waals surface area contributed by atoms with Gasteiger partial charge in [-0.1, -0.05) is 32.0 Å². The largest absolute Gasteiger partial charge is 0.319 e. The summed E-state index contributed by atoms with van der Waals surface area (Å²) in [6.45, 7) is 1.81. The number of rotatable bonds is 5. The van der Waals surface area contributed by atoms with Gasteiger partial charge in [-0.2, -0.15) is 8.78 Å². The molecule has 0 aromatic heterocycles. The molecule has 0 rings (SSSR count). The molecule has 0 aromatic rings. The summed E-state index contributed by atoms with van der Waals surface area (Å²) in [5, 5.41) is 0. The first-order valence-electron chi connectivity index (χ1n) is 3.68. The first-order chi connectivity index (χ1) is 5.42. The molecule has 12 heavy (non-hydrogen) atoms. The van der Waals surface area contributed by atoms with Crippen molar-refractivity contribution in [1.29, 1.82) is 0 Å². The van der Waals surface area contributed by atoms with Crippen molar-refractivity contribution in [3.8, 4) is 0 Å². The highest BCUT2D eigenvalue weighted by molar-refractivity contribution is 8.11. The summed E-state index contributed by atoms with van der Waals surface area (Å²) in [5.74, 6) is -3.56. The molecule has 0 bridgehead atoms. The van der Waals surface area contributed by atoms with Gasteiger partial charge in [0.1, 0.15) is 4.20 Å². The summed E-state index contributed by atoms with van der Waals surface area (Å²) in [6.07, 6.45) is -1.23. The minimum absolute atomic E-state index is 0.163. The van der Waals surface area contributed by atoms with Crippen molar-refractivity contribution in [1.82, 2.24) is 0 Å². The van der Waals surface area contributed by atoms with Gasteiger partial charge in [0.2, 0.25) is 0 Å². The number of alkyl halides is 3. The molecular weight excluding hydrogens is 205 g/mol. The number of halogens is 3. The number of unbranched alkanes of at least 4 members (excludes halogenated alkanes) is 1. The molecule has 0 spiro atoms. The van der Waals surface area contributed by atoms with E-state index in [-0.39, 0.29) is 6.42 Å². The zero-order chi connectivity index (χ0) is 9.78. The maximum absolute atomic E-state index is 12.7. The molecule has 1 atom stereocenters. The van der Waals surface area contributed by atoms with Crippen molar-refractivity contribution < 1.29 is 13.2 Å². The van der Waals surface area contributed by atoms with E-state index in [9.17, 15) is 13.2 Å². The summed E-state index contributed by atoms with van der Waals surface area (Å²) in [4.78, 5) is 0. The summed E-state index contributed by atoms with van der Waals surface area (Å²) in [5.41, 5.74) is 0. The van der Waals surface area contributed by atoms with E-state index < -0.39 is 16.3 Å². The highest BCUT2D eigenvalue weighted by Gasteiger charge is 2.42. The third kappa shape index (κ3) is 3.31. The normalized spacial score (nSPS) is 14.4. The van der Waals surface area contributed by atoms with Gasteiger partial charge in [-0.25, -0.2) is 4.39 Å². The minimum Gasteiger partial charge on any atom is -0.240 e. The molecule has 0 aliphatic rings. The van der Waals surface area contributed by atoms with E-state index in [0.29, 0.717) is 12.8 Å². The molecule has 0 aliphatic carbocycles. The highest BCUT2D eigenvalue weighted by Crippen LogP contribution is 2.28. The molecule has 0 aliphatic heterocycles. The number of hydrogen-bond donors (Lipinski definition) is 1. The van der Waals surface area contributed by atoms with Crippen LogP contribution in [0.1, 0.15) is 26.2 Å². The van der Waals surface area contributed by atoms with Crippen molar-refractivity contribution in [2.45, 2.75) is 38.3 Å². The van der Waals surface area contributed by atoms with Gasteiger partial charge in [-0.05, 0) is 6.42 Å². The summed E-state index contributed by atoms with van der Waals surface area (Å²) in [6, 6.07) is 0. The molecule has 0 fully saturated rings. The zero-order valence-electron chi connectivity index (χ0n) is 6.69. The van der Waals surface area contributed by atoms with Crippen LogP contribution in [0, 0.1) is 0 Å². The predicted octanol–water partition coefficient (Wildman–Crippen LogP) is 3.41. The van der Waals surface area contributed by atoms with E-state index in [1.807, 2.05) is 6.92 Å². The topological polar surface area (TPSA) is 0 Å². The van der Waals surface area contributed by atoms with Crippen LogP contribution in [0.2, 0.25) is 0 Å². The van der Waals surface area contributed by atoms with Gasteiger partial charge in [0.25, 0.3) is 0 Å². The highest BCUT2D eigenvalue weighted by atomic mass is 32.1. The number of thiocarbonyl (C=S) groups is 1. The van der Waals surface area contributed by atoms with Crippen molar-refractivity contribution in [3.05, 3.63) is 0 Å². The lowest BCUT2D eigenvalue weighted by atomic mass is 10.1. The molecule has 5 heteroatoms. The predicted molar refractivity (Wildman–Crippen MR) is 51.0 cm³/mol. The lowest BCUT2D eigenvalue weighted by Gasteiger charge is -2.18. The van der Waals surface area contributed by atoms with Crippen LogP contribution < -0.4 is 0 Å². The lowest BCUT2D eigenvalue weighted by Crippen LogP contribution is -2.35. The van der Waals surface area contributed by atoms with Gasteiger partial charge in [0, 0.05) is 0 Å². The summed E-state index contributed by atoms with van der Waals surface area (Å²) >= 11 is 7.41. The molecule has 72 valence electrons. The van der Waals surface area contributed by atoms with Crippen LogP contribution in [0.4, 0.5) is 13.2 Å². The van der Waals surface area contributed by atoms with Gasteiger partial charge in [-0.3, -0.25) is 0 Å². The van der Waals surface area contributed by atoms with Crippen LogP contribution in [-0.4, -0.2) is 16.3 Å². The first-order valence-corrected chi connectivity index (χ1v) is 4.53. The second-order valence-electron chi connectivity index (χ2n) is 2.54. The second-order valence-corrected chi connectivity index (χ2v) is 3.70. The van der Waals surface area contributed by atoms with E-state index in [0.717, 1.165) is 0 Å². The molecular formula is C7H11F3S2. The van der Waals surface area contributed by atoms with Gasteiger partial charge in [0.15, 0.2) is 6.17 Å². The van der Waals surface area contributed by atoms with E-state index in [1.165, 1.54) is 0 Å². The zero-order valence-corrected chi connectivity index (χ0v) is 8.40. The Morgan fingerprint density at radius 1 is 1.58 bits per heavy atom. The van der Waals surface area contributed by atoms with Gasteiger partial charge >= 0.3 is 5.92 Å². The Bertz CT molecular complexity index is 159. The minimum atomic E-state index is -3.56. The molecule has 0 amide bonds. The number of thiol groups is 1. The van der Waals surface area contributed by atoms with E-state index in [4.69, 9.17) is 0 Å². The maximum Gasteiger partial charge on any atom is 0.319 e. The van der Waals surface area contributed by atoms with Gasteiger partial charge in [0.05, 0.1) is 0 Å². The van der Waals surface area contributed by atoms with Crippen molar-refractivity contribution in [2.24, 2.45) is 0 Å². The van der Waals surface area contributed by atoms with Crippen LogP contribution in [0.3, 0.4) is 0 Å². The lowest BCUT2D eigenvalue weighted by molar-refractivity contribution is -0.00762. The third-order valence-corrected chi connectivity index (χ3v) is 2.06. The van der Waals surface area contributed by atoms with Crippen LogP contribution >= 0.6 is 24.8 Å². The van der Waals surface area contributed by atoms with E-state index in [2.05, 4.69) is 24.8 Å². The summed E-state index contributed by atoms with van der Waals surface area (Å²) in [7, 11) is 0. The Morgan fingerprint density at radius 2 is 2.08 bits per heavy atom. The fraction of sp³-hybridized carbons (Fsp3) is 0.857. The van der Waals surface area contributed by atoms with Crippen molar-refractivity contribution >= 4 is 29.0 Å². The maximum atomic E-state index is 12.7. The molecule has 0 radical (unpaired) electrons. The Kier molecular flexibility index (Phi) is 5.16. The quantitative estimate of drug-likeness (QED) is 0.543. The fourth-order valence-electron chi connectivity index (χ4n) is 0.699. The van der Waals surface area contributed by atoms with Crippen LogP contribution in [0.5, 0.6) is 0 Å². The average Bonchev–Trinajstić information content (AvgIpc) is 1.99. The Labute approximate surface area is 80.9 Å². The van der Waals surface area contributed by atoms with E-state index in [1.54, 1.807) is 0 Å². The Balaban J connectivity index is 4.06. The van der Waals surface area contributed by atoms with Gasteiger partial charge in [-0.15, -0.1) is 12.6 Å². The standard InChI is InChI=1S/C7H11F3S2/c1-2-3-4-5(8)7(9,10)6(11)12/h5H,2-4H2,1H3,(H,11,12).